The van der Waals surface area contributed by atoms with Gasteiger partial charge in [-0.25, -0.2) is 5.43 Å². The Labute approximate surface area is 104 Å². The Morgan fingerprint density at radius 1 is 1.44 bits per heavy atom. The van der Waals surface area contributed by atoms with Gasteiger partial charge >= 0.3 is 0 Å². The molecular weight excluding hydrogens is 236 g/mol. The number of benzene rings is 1. The zero-order valence-electron chi connectivity index (χ0n) is 9.76. The maximum atomic E-state index is 11.2. The Balaban J connectivity index is 1.87. The number of fused-ring (bicyclic) bond motifs is 1. The first-order valence-corrected chi connectivity index (χ1v) is 5.62. The van der Waals surface area contributed by atoms with Gasteiger partial charge in [0, 0.05) is 13.0 Å². The topological polar surface area (TPSA) is 80.2 Å². The van der Waals surface area contributed by atoms with E-state index in [0.717, 1.165) is 5.56 Å². The molecule has 0 saturated heterocycles. The van der Waals surface area contributed by atoms with E-state index in [2.05, 4.69) is 10.5 Å². The minimum atomic E-state index is -0.221. The monoisotopic (exact) mass is 250 g/mol. The van der Waals surface area contributed by atoms with Crippen LogP contribution in [0, 0.1) is 0 Å². The molecule has 1 aliphatic rings. The van der Waals surface area contributed by atoms with E-state index in [1.165, 1.54) is 6.21 Å². The Kier molecular flexibility index (Phi) is 4.14. The lowest BCUT2D eigenvalue weighted by Crippen LogP contribution is -2.17. The van der Waals surface area contributed by atoms with Crippen LogP contribution < -0.4 is 14.9 Å². The van der Waals surface area contributed by atoms with Gasteiger partial charge in [-0.2, -0.15) is 5.10 Å². The molecule has 1 aliphatic heterocycles. The fraction of sp³-hybridized carbons (Fsp3) is 0.333. The molecule has 0 unspecified atom stereocenters. The average molecular weight is 250 g/mol. The maximum absolute atomic E-state index is 11.2. The molecule has 0 atom stereocenters. The van der Waals surface area contributed by atoms with Crippen LogP contribution in [0.5, 0.6) is 11.5 Å². The summed E-state index contributed by atoms with van der Waals surface area (Å²) < 4.78 is 10.4. The van der Waals surface area contributed by atoms with Crippen LogP contribution in [0.25, 0.3) is 0 Å². The molecule has 0 saturated carbocycles. The second-order valence-corrected chi connectivity index (χ2v) is 3.73. The van der Waals surface area contributed by atoms with Crippen molar-refractivity contribution in [2.75, 3.05) is 13.4 Å². The van der Waals surface area contributed by atoms with Crippen molar-refractivity contribution in [3.63, 3.8) is 0 Å². The Bertz CT molecular complexity index is 459. The summed E-state index contributed by atoms with van der Waals surface area (Å²) in [6.07, 6.45) is 2.22. The summed E-state index contributed by atoms with van der Waals surface area (Å²) in [5.41, 5.74) is 3.19. The van der Waals surface area contributed by atoms with Gasteiger partial charge in [0.2, 0.25) is 12.7 Å². The number of ether oxygens (including phenoxy) is 2. The molecule has 1 aromatic carbocycles. The molecule has 96 valence electrons. The van der Waals surface area contributed by atoms with E-state index in [9.17, 15) is 4.79 Å². The van der Waals surface area contributed by atoms with E-state index in [0.29, 0.717) is 17.9 Å². The van der Waals surface area contributed by atoms with Gasteiger partial charge in [0.25, 0.3) is 0 Å². The number of carbonyl (C=O) groups is 1. The summed E-state index contributed by atoms with van der Waals surface area (Å²) in [5.74, 6) is 1.16. The largest absolute Gasteiger partial charge is 0.454 e. The Morgan fingerprint density at radius 2 is 2.28 bits per heavy atom. The van der Waals surface area contributed by atoms with Crippen LogP contribution in [-0.2, 0) is 4.79 Å². The van der Waals surface area contributed by atoms with Crippen molar-refractivity contribution >= 4 is 12.1 Å². The number of carbonyl (C=O) groups excluding carboxylic acids is 1. The molecule has 1 heterocycles. The van der Waals surface area contributed by atoms with Crippen LogP contribution in [0.1, 0.15) is 18.4 Å². The van der Waals surface area contributed by atoms with Gasteiger partial charge in [0.05, 0.1) is 6.21 Å². The third kappa shape index (κ3) is 3.21. The number of hydrazone groups is 1. The molecule has 0 radical (unpaired) electrons. The standard InChI is InChI=1S/C12H14N2O4/c15-5-1-2-12(16)14-13-7-9-3-4-10-11(6-9)18-8-17-10/h3-4,6-7,15H,1-2,5,8H2,(H,14,16). The van der Waals surface area contributed by atoms with Crippen LogP contribution in [0.15, 0.2) is 23.3 Å². The lowest BCUT2D eigenvalue weighted by molar-refractivity contribution is -0.121. The van der Waals surface area contributed by atoms with E-state index in [1.54, 1.807) is 12.1 Å². The number of hydrogen-bond donors (Lipinski definition) is 2. The molecule has 0 aromatic heterocycles. The maximum Gasteiger partial charge on any atom is 0.240 e. The second-order valence-electron chi connectivity index (χ2n) is 3.73. The number of rotatable bonds is 5. The predicted molar refractivity (Wildman–Crippen MR) is 64.6 cm³/mol. The average Bonchev–Trinajstić information content (AvgIpc) is 2.83. The number of aliphatic hydroxyl groups is 1. The lowest BCUT2D eigenvalue weighted by atomic mass is 10.2. The number of aliphatic hydroxyl groups excluding tert-OH is 1. The molecule has 6 heteroatoms. The quantitative estimate of drug-likeness (QED) is 0.593. The summed E-state index contributed by atoms with van der Waals surface area (Å²) in [7, 11) is 0. The van der Waals surface area contributed by atoms with Crippen LogP contribution in [0.4, 0.5) is 0 Å². The second kappa shape index (κ2) is 6.02. The highest BCUT2D eigenvalue weighted by Crippen LogP contribution is 2.31. The predicted octanol–water partition coefficient (Wildman–Crippen LogP) is 0.638. The van der Waals surface area contributed by atoms with Crippen molar-refractivity contribution in [1.29, 1.82) is 0 Å². The van der Waals surface area contributed by atoms with Crippen molar-refractivity contribution in [3.05, 3.63) is 23.8 Å². The zero-order chi connectivity index (χ0) is 12.8. The van der Waals surface area contributed by atoms with Gasteiger partial charge < -0.3 is 14.6 Å². The highest BCUT2D eigenvalue weighted by atomic mass is 16.7. The summed E-state index contributed by atoms with van der Waals surface area (Å²) in [5, 5.41) is 12.4. The molecule has 0 spiro atoms. The van der Waals surface area contributed by atoms with E-state index >= 15 is 0 Å². The van der Waals surface area contributed by atoms with Gasteiger partial charge in [0.15, 0.2) is 11.5 Å². The number of hydrogen-bond acceptors (Lipinski definition) is 5. The zero-order valence-corrected chi connectivity index (χ0v) is 9.76. The summed E-state index contributed by atoms with van der Waals surface area (Å²) in [6, 6.07) is 5.39. The first-order chi connectivity index (χ1) is 8.79. The van der Waals surface area contributed by atoms with Gasteiger partial charge in [-0.15, -0.1) is 0 Å². The third-order valence-corrected chi connectivity index (χ3v) is 2.36. The van der Waals surface area contributed by atoms with E-state index < -0.39 is 0 Å². The summed E-state index contributed by atoms with van der Waals surface area (Å²) in [6.45, 7) is 0.229. The first-order valence-electron chi connectivity index (χ1n) is 5.62. The Morgan fingerprint density at radius 3 is 3.11 bits per heavy atom. The molecule has 2 N–H and O–H groups in total. The molecule has 1 amide bonds. The van der Waals surface area contributed by atoms with Gasteiger partial charge in [-0.1, -0.05) is 0 Å². The fourth-order valence-electron chi connectivity index (χ4n) is 1.47. The third-order valence-electron chi connectivity index (χ3n) is 2.36. The summed E-state index contributed by atoms with van der Waals surface area (Å²) in [4.78, 5) is 11.2. The molecule has 0 bridgehead atoms. The summed E-state index contributed by atoms with van der Waals surface area (Å²) >= 11 is 0. The van der Waals surface area contributed by atoms with Crippen LogP contribution in [-0.4, -0.2) is 30.6 Å². The van der Waals surface area contributed by atoms with E-state index in [4.69, 9.17) is 14.6 Å². The van der Waals surface area contributed by atoms with Crippen LogP contribution in [0.2, 0.25) is 0 Å². The molecule has 0 aliphatic carbocycles. The minimum Gasteiger partial charge on any atom is -0.454 e. The van der Waals surface area contributed by atoms with Crippen molar-refractivity contribution in [1.82, 2.24) is 5.43 Å². The van der Waals surface area contributed by atoms with Gasteiger partial charge in [-0.3, -0.25) is 4.79 Å². The highest BCUT2D eigenvalue weighted by Gasteiger charge is 2.12. The van der Waals surface area contributed by atoms with Gasteiger partial charge in [-0.05, 0) is 30.2 Å². The number of nitrogens with one attached hydrogen (secondary N) is 1. The minimum absolute atomic E-state index is 0.000699. The molecule has 18 heavy (non-hydrogen) atoms. The van der Waals surface area contributed by atoms with E-state index in [1.807, 2.05) is 6.07 Å². The molecule has 0 fully saturated rings. The molecule has 6 nitrogen and oxygen atoms in total. The number of nitrogens with zero attached hydrogens (tertiary/aromatic N) is 1. The SMILES string of the molecule is O=C(CCCO)NN=Cc1ccc2c(c1)OCO2. The van der Waals surface area contributed by atoms with Crippen LogP contribution in [0.3, 0.4) is 0 Å². The molecule has 1 aromatic rings. The Hall–Kier alpha value is -2.08. The highest BCUT2D eigenvalue weighted by molar-refractivity contribution is 5.83. The number of amides is 1. The van der Waals surface area contributed by atoms with Crippen molar-refractivity contribution in [2.24, 2.45) is 5.10 Å². The van der Waals surface area contributed by atoms with Gasteiger partial charge in [0.1, 0.15) is 0 Å². The molecule has 2 rings (SSSR count). The van der Waals surface area contributed by atoms with Crippen molar-refractivity contribution in [2.45, 2.75) is 12.8 Å². The smallest absolute Gasteiger partial charge is 0.240 e. The van der Waals surface area contributed by atoms with Crippen molar-refractivity contribution in [3.8, 4) is 11.5 Å². The van der Waals surface area contributed by atoms with E-state index in [-0.39, 0.29) is 25.7 Å². The first kappa shape index (κ1) is 12.4. The fourth-order valence-corrected chi connectivity index (χ4v) is 1.47. The lowest BCUT2D eigenvalue weighted by Gasteiger charge is -1.99. The normalized spacial score (nSPS) is 12.9. The van der Waals surface area contributed by atoms with Crippen molar-refractivity contribution < 1.29 is 19.4 Å². The molecular formula is C12H14N2O4. The van der Waals surface area contributed by atoms with Crippen LogP contribution >= 0.6 is 0 Å².